The number of ether oxygens (including phenoxy) is 1. The van der Waals surface area contributed by atoms with Gasteiger partial charge in [-0.3, -0.25) is 5.32 Å². The number of nitrogens with one attached hydrogen (secondary N) is 1. The van der Waals surface area contributed by atoms with E-state index in [-0.39, 0.29) is 0 Å². The van der Waals surface area contributed by atoms with Gasteiger partial charge in [-0.15, -0.1) is 0 Å². The van der Waals surface area contributed by atoms with Crippen LogP contribution in [-0.2, 0) is 0 Å². The number of aryl methyl sites for hydroxylation is 1. The number of hydrogen-bond acceptors (Lipinski definition) is 3. The fourth-order valence-corrected chi connectivity index (χ4v) is 1.38. The van der Waals surface area contributed by atoms with E-state index in [4.69, 9.17) is 10.00 Å². The zero-order chi connectivity index (χ0) is 12.0. The van der Waals surface area contributed by atoms with Gasteiger partial charge in [0.15, 0.2) is 0 Å². The van der Waals surface area contributed by atoms with E-state index >= 15 is 0 Å². The van der Waals surface area contributed by atoms with Crippen molar-refractivity contribution < 1.29 is 4.74 Å². The third-order valence-electron chi connectivity index (χ3n) is 2.36. The van der Waals surface area contributed by atoms with Crippen molar-refractivity contribution in [2.24, 2.45) is 0 Å². The maximum Gasteiger partial charge on any atom is 0.138 e. The smallest absolute Gasteiger partial charge is 0.138 e. The zero-order valence-electron chi connectivity index (χ0n) is 10.1. The van der Waals surface area contributed by atoms with E-state index in [1.807, 2.05) is 45.0 Å². The van der Waals surface area contributed by atoms with Gasteiger partial charge in [-0.05, 0) is 32.5 Å². The topological polar surface area (TPSA) is 45.0 Å². The molecule has 3 nitrogen and oxygen atoms in total. The van der Waals surface area contributed by atoms with Gasteiger partial charge in [-0.25, -0.2) is 0 Å². The maximum absolute atomic E-state index is 9.05. The first-order valence-corrected chi connectivity index (χ1v) is 5.45. The van der Waals surface area contributed by atoms with Crippen LogP contribution in [0.5, 0.6) is 5.75 Å². The van der Waals surface area contributed by atoms with Crippen molar-refractivity contribution in [3.8, 4) is 11.8 Å². The van der Waals surface area contributed by atoms with Gasteiger partial charge in [0.2, 0.25) is 0 Å². The molecule has 1 unspecified atom stereocenters. The number of nitriles is 1. The third kappa shape index (κ3) is 3.56. The number of benzene rings is 1. The molecular formula is C13H18N2O. The Labute approximate surface area is 97.0 Å². The molecule has 1 aromatic carbocycles. The summed E-state index contributed by atoms with van der Waals surface area (Å²) in [4.78, 5) is 0. The Morgan fingerprint density at radius 3 is 2.50 bits per heavy atom. The fourth-order valence-electron chi connectivity index (χ4n) is 1.38. The lowest BCUT2D eigenvalue weighted by atomic mass is 10.1. The molecule has 0 saturated heterocycles. The van der Waals surface area contributed by atoms with E-state index in [2.05, 4.69) is 11.4 Å². The highest BCUT2D eigenvalue weighted by atomic mass is 16.5. The van der Waals surface area contributed by atoms with Crippen molar-refractivity contribution in [3.05, 3.63) is 29.8 Å². The van der Waals surface area contributed by atoms with Crippen LogP contribution in [0, 0.1) is 18.3 Å². The van der Waals surface area contributed by atoms with E-state index in [1.54, 1.807) is 0 Å². The lowest BCUT2D eigenvalue weighted by Gasteiger charge is -2.22. The van der Waals surface area contributed by atoms with Crippen LogP contribution in [-0.4, -0.2) is 18.7 Å². The fraction of sp³-hybridized carbons (Fsp3) is 0.462. The Bertz CT molecular complexity index is 367. The van der Waals surface area contributed by atoms with Gasteiger partial charge < -0.3 is 4.74 Å². The normalized spacial score (nSPS) is 13.9. The molecule has 0 aliphatic heterocycles. The van der Waals surface area contributed by atoms with Gasteiger partial charge in [-0.1, -0.05) is 24.6 Å². The Hall–Kier alpha value is -1.53. The van der Waals surface area contributed by atoms with Crippen molar-refractivity contribution in [2.75, 3.05) is 13.2 Å². The van der Waals surface area contributed by atoms with Crippen molar-refractivity contribution in [1.82, 2.24) is 5.32 Å². The monoisotopic (exact) mass is 218 g/mol. The lowest BCUT2D eigenvalue weighted by molar-refractivity contribution is 0.236. The zero-order valence-corrected chi connectivity index (χ0v) is 10.1. The van der Waals surface area contributed by atoms with Crippen molar-refractivity contribution in [1.29, 1.82) is 5.26 Å². The summed E-state index contributed by atoms with van der Waals surface area (Å²) in [6, 6.07) is 10.0. The second-order valence-electron chi connectivity index (χ2n) is 4.08. The molecule has 0 bridgehead atoms. The molecule has 0 amide bonds. The minimum absolute atomic E-state index is 0.348. The molecule has 86 valence electrons. The van der Waals surface area contributed by atoms with Crippen LogP contribution >= 0.6 is 0 Å². The van der Waals surface area contributed by atoms with Crippen molar-refractivity contribution in [2.45, 2.75) is 26.3 Å². The summed E-state index contributed by atoms with van der Waals surface area (Å²) in [6.07, 6.45) is 0. The molecule has 0 spiro atoms. The highest BCUT2D eigenvalue weighted by molar-refractivity contribution is 5.26. The minimum atomic E-state index is -0.625. The standard InChI is InChI=1S/C13H18N2O/c1-4-15-13(3,9-14)10-16-12-7-5-11(2)6-8-12/h5-8,15H,4,10H2,1-3H3. The minimum Gasteiger partial charge on any atom is -0.491 e. The van der Waals surface area contributed by atoms with Crippen molar-refractivity contribution >= 4 is 0 Å². The van der Waals surface area contributed by atoms with Crippen LogP contribution in [0.25, 0.3) is 0 Å². The first kappa shape index (κ1) is 12.5. The molecule has 0 radical (unpaired) electrons. The molecule has 0 aliphatic rings. The number of nitrogens with zero attached hydrogens (tertiary/aromatic N) is 1. The Morgan fingerprint density at radius 1 is 1.38 bits per heavy atom. The molecule has 1 N–H and O–H groups in total. The summed E-state index contributed by atoms with van der Waals surface area (Å²) in [5.74, 6) is 0.796. The van der Waals surface area contributed by atoms with Crippen LogP contribution in [0.15, 0.2) is 24.3 Å². The van der Waals surface area contributed by atoms with Crippen molar-refractivity contribution in [3.63, 3.8) is 0 Å². The summed E-state index contributed by atoms with van der Waals surface area (Å²) in [5.41, 5.74) is 0.571. The number of rotatable bonds is 5. The number of hydrogen-bond donors (Lipinski definition) is 1. The van der Waals surface area contributed by atoms with Crippen LogP contribution in [0.4, 0.5) is 0 Å². The van der Waals surface area contributed by atoms with E-state index in [0.717, 1.165) is 12.3 Å². The molecule has 0 heterocycles. The Kier molecular flexibility index (Phi) is 4.33. The summed E-state index contributed by atoms with van der Waals surface area (Å²) >= 11 is 0. The van der Waals surface area contributed by atoms with Gasteiger partial charge in [0.1, 0.15) is 17.9 Å². The highest BCUT2D eigenvalue weighted by Gasteiger charge is 2.23. The quantitative estimate of drug-likeness (QED) is 0.824. The second kappa shape index (κ2) is 5.53. The molecule has 0 saturated carbocycles. The van der Waals surface area contributed by atoms with Crippen LogP contribution < -0.4 is 10.1 Å². The summed E-state index contributed by atoms with van der Waals surface area (Å²) in [7, 11) is 0. The van der Waals surface area contributed by atoms with Crippen LogP contribution in [0.3, 0.4) is 0 Å². The molecule has 3 heteroatoms. The average molecular weight is 218 g/mol. The average Bonchev–Trinajstić information content (AvgIpc) is 2.29. The van der Waals surface area contributed by atoms with E-state index in [9.17, 15) is 0 Å². The van der Waals surface area contributed by atoms with Crippen LogP contribution in [0.1, 0.15) is 19.4 Å². The second-order valence-corrected chi connectivity index (χ2v) is 4.08. The maximum atomic E-state index is 9.05. The molecule has 1 aromatic rings. The summed E-state index contributed by atoms with van der Waals surface area (Å²) in [5, 5.41) is 12.2. The SMILES string of the molecule is CCNC(C)(C#N)COc1ccc(C)cc1. The summed E-state index contributed by atoms with van der Waals surface area (Å²) < 4.78 is 5.58. The predicted octanol–water partition coefficient (Wildman–Crippen LogP) is 2.27. The molecule has 0 aromatic heterocycles. The van der Waals surface area contributed by atoms with Gasteiger partial charge in [0.25, 0.3) is 0 Å². The first-order chi connectivity index (χ1) is 7.59. The third-order valence-corrected chi connectivity index (χ3v) is 2.36. The van der Waals surface area contributed by atoms with Crippen LogP contribution in [0.2, 0.25) is 0 Å². The summed E-state index contributed by atoms with van der Waals surface area (Å²) in [6.45, 7) is 6.94. The van der Waals surface area contributed by atoms with E-state index in [1.165, 1.54) is 5.56 Å². The van der Waals surface area contributed by atoms with Gasteiger partial charge in [0.05, 0.1) is 6.07 Å². The van der Waals surface area contributed by atoms with E-state index in [0.29, 0.717) is 6.61 Å². The van der Waals surface area contributed by atoms with Gasteiger partial charge in [-0.2, -0.15) is 5.26 Å². The Balaban J connectivity index is 2.56. The molecule has 0 fully saturated rings. The Morgan fingerprint density at radius 2 is 2.00 bits per heavy atom. The predicted molar refractivity (Wildman–Crippen MR) is 64.4 cm³/mol. The molecular weight excluding hydrogens is 200 g/mol. The molecule has 1 atom stereocenters. The largest absolute Gasteiger partial charge is 0.491 e. The first-order valence-electron chi connectivity index (χ1n) is 5.45. The number of likely N-dealkylation sites (N-methyl/N-ethyl adjacent to an activating group) is 1. The van der Waals surface area contributed by atoms with E-state index < -0.39 is 5.54 Å². The molecule has 1 rings (SSSR count). The molecule has 0 aliphatic carbocycles. The molecule has 16 heavy (non-hydrogen) atoms. The van der Waals surface area contributed by atoms with Gasteiger partial charge >= 0.3 is 0 Å². The lowest BCUT2D eigenvalue weighted by Crippen LogP contribution is -2.46. The van der Waals surface area contributed by atoms with Gasteiger partial charge in [0, 0.05) is 0 Å². The highest BCUT2D eigenvalue weighted by Crippen LogP contribution is 2.13.